The Hall–Kier alpha value is -3.05. The van der Waals surface area contributed by atoms with Crippen LogP contribution < -0.4 is 10.2 Å². The Morgan fingerprint density at radius 1 is 1.10 bits per heavy atom. The summed E-state index contributed by atoms with van der Waals surface area (Å²) >= 11 is 0. The molecule has 1 N–H and O–H groups in total. The minimum Gasteiger partial charge on any atom is -0.507 e. The smallest absolute Gasteiger partial charge is 0.204 e. The molecule has 5 nitrogen and oxygen atoms in total. The van der Waals surface area contributed by atoms with E-state index in [1.807, 2.05) is 71.0 Å². The lowest BCUT2D eigenvalue weighted by Gasteiger charge is -2.30. The third-order valence-electron chi connectivity index (χ3n) is 6.21. The summed E-state index contributed by atoms with van der Waals surface area (Å²) in [6, 6.07) is 7.66. The number of phenolic OH excluding ortho intramolecular Hbond substituents is 1. The van der Waals surface area contributed by atoms with E-state index in [4.69, 9.17) is 13.9 Å². The summed E-state index contributed by atoms with van der Waals surface area (Å²) in [5.74, 6) is 0.462. The van der Waals surface area contributed by atoms with Crippen LogP contribution in [0, 0.1) is 6.92 Å². The average Bonchev–Trinajstić information content (AvgIpc) is 3.31. The van der Waals surface area contributed by atoms with Gasteiger partial charge in [0.25, 0.3) is 0 Å². The van der Waals surface area contributed by atoms with Crippen LogP contribution in [0.4, 0.5) is 0 Å². The van der Waals surface area contributed by atoms with Gasteiger partial charge in [0.2, 0.25) is 5.43 Å². The van der Waals surface area contributed by atoms with Crippen molar-refractivity contribution in [1.29, 1.82) is 0 Å². The largest absolute Gasteiger partial charge is 0.507 e. The molecule has 5 heteroatoms. The lowest BCUT2D eigenvalue weighted by atomic mass is 9.92. The maximum absolute atomic E-state index is 13.5. The summed E-state index contributed by atoms with van der Waals surface area (Å²) < 4.78 is 18.0. The molecule has 0 spiro atoms. The maximum Gasteiger partial charge on any atom is 0.204 e. The van der Waals surface area contributed by atoms with Crippen molar-refractivity contribution in [3.63, 3.8) is 0 Å². The average molecular weight is 418 g/mol. The van der Waals surface area contributed by atoms with Crippen molar-refractivity contribution in [1.82, 2.24) is 0 Å². The zero-order valence-electron chi connectivity index (χ0n) is 18.4. The van der Waals surface area contributed by atoms with E-state index in [9.17, 15) is 9.90 Å². The van der Waals surface area contributed by atoms with Crippen LogP contribution in [0.1, 0.15) is 44.4 Å². The number of rotatable bonds is 3. The Morgan fingerprint density at radius 2 is 1.77 bits per heavy atom. The Labute approximate surface area is 180 Å². The first-order chi connectivity index (χ1) is 14.6. The monoisotopic (exact) mass is 418 g/mol. The molecule has 1 atom stereocenters. The summed E-state index contributed by atoms with van der Waals surface area (Å²) in [5.41, 5.74) is 2.80. The first kappa shape index (κ1) is 19.9. The van der Waals surface area contributed by atoms with E-state index in [1.54, 1.807) is 0 Å². The van der Waals surface area contributed by atoms with Crippen molar-refractivity contribution in [2.45, 2.75) is 58.3 Å². The molecule has 0 radical (unpaired) electrons. The number of benzene rings is 2. The van der Waals surface area contributed by atoms with Gasteiger partial charge in [-0.25, -0.2) is 0 Å². The molecule has 0 bridgehead atoms. The maximum atomic E-state index is 13.5. The van der Waals surface area contributed by atoms with Crippen LogP contribution in [0.25, 0.3) is 28.2 Å². The molecular weight excluding hydrogens is 392 g/mol. The molecule has 2 aromatic carbocycles. The van der Waals surface area contributed by atoms with Gasteiger partial charge in [-0.3, -0.25) is 4.79 Å². The van der Waals surface area contributed by atoms with Gasteiger partial charge in [0.15, 0.2) is 5.58 Å². The van der Waals surface area contributed by atoms with Crippen molar-refractivity contribution in [3.8, 4) is 22.6 Å². The first-order valence-electron chi connectivity index (χ1n) is 10.5. The van der Waals surface area contributed by atoms with Gasteiger partial charge >= 0.3 is 0 Å². The lowest BCUT2D eigenvalue weighted by Crippen LogP contribution is -2.28. The molecule has 0 aliphatic carbocycles. The predicted molar refractivity (Wildman–Crippen MR) is 121 cm³/mol. The van der Waals surface area contributed by atoms with Gasteiger partial charge in [-0.1, -0.05) is 29.8 Å². The topological polar surface area (TPSA) is 72.2 Å². The second-order valence-electron chi connectivity index (χ2n) is 9.57. The molecule has 3 heterocycles. The third-order valence-corrected chi connectivity index (χ3v) is 6.21. The normalized spacial score (nSPS) is 20.4. The highest BCUT2D eigenvalue weighted by Crippen LogP contribution is 2.48. The van der Waals surface area contributed by atoms with E-state index in [2.05, 4.69) is 0 Å². The molecule has 1 unspecified atom stereocenters. The second-order valence-corrected chi connectivity index (χ2v) is 9.57. The van der Waals surface area contributed by atoms with Gasteiger partial charge in [-0.05, 0) is 52.3 Å². The van der Waals surface area contributed by atoms with Crippen molar-refractivity contribution >= 4 is 17.0 Å². The Morgan fingerprint density at radius 3 is 2.42 bits per heavy atom. The minimum absolute atomic E-state index is 0.0510. The standard InChI is InChI=1S/C26H26O5/c1-14-6-8-15(9-7-14)18-13-29-24-16-10-11-25(2,3)31-23(16)17(12-19-26(4,5)30-19)21(27)20(24)22(18)28/h6-11,13,19,27H,12H2,1-5H3. The van der Waals surface area contributed by atoms with E-state index < -0.39 is 5.60 Å². The van der Waals surface area contributed by atoms with Crippen LogP contribution in [0.3, 0.4) is 0 Å². The molecule has 1 fully saturated rings. The van der Waals surface area contributed by atoms with Crippen LogP contribution in [0.2, 0.25) is 0 Å². The molecule has 3 aromatic rings. The number of epoxide rings is 1. The highest BCUT2D eigenvalue weighted by molar-refractivity contribution is 5.97. The summed E-state index contributed by atoms with van der Waals surface area (Å²) in [6.07, 6.45) is 5.72. The van der Waals surface area contributed by atoms with Crippen molar-refractivity contribution in [2.24, 2.45) is 0 Å². The van der Waals surface area contributed by atoms with E-state index in [1.165, 1.54) is 6.26 Å². The number of aromatic hydroxyl groups is 1. The fourth-order valence-electron chi connectivity index (χ4n) is 4.18. The summed E-state index contributed by atoms with van der Waals surface area (Å²) in [5, 5.41) is 11.5. The van der Waals surface area contributed by atoms with E-state index in [0.717, 1.165) is 11.1 Å². The summed E-state index contributed by atoms with van der Waals surface area (Å²) in [6.45, 7) is 9.91. The van der Waals surface area contributed by atoms with Gasteiger partial charge in [-0.15, -0.1) is 0 Å². The number of ether oxygens (including phenoxy) is 2. The van der Waals surface area contributed by atoms with Gasteiger partial charge in [0, 0.05) is 12.0 Å². The van der Waals surface area contributed by atoms with Crippen LogP contribution in [-0.4, -0.2) is 22.4 Å². The quantitative estimate of drug-likeness (QED) is 0.578. The fraction of sp³-hybridized carbons (Fsp3) is 0.346. The molecule has 31 heavy (non-hydrogen) atoms. The zero-order valence-corrected chi connectivity index (χ0v) is 18.4. The molecule has 2 aliphatic rings. The molecule has 2 aliphatic heterocycles. The van der Waals surface area contributed by atoms with Gasteiger partial charge in [0.05, 0.1) is 22.8 Å². The van der Waals surface area contributed by atoms with Gasteiger partial charge in [-0.2, -0.15) is 0 Å². The number of phenols is 1. The Bertz CT molecular complexity index is 1290. The molecule has 5 rings (SSSR count). The first-order valence-corrected chi connectivity index (χ1v) is 10.5. The van der Waals surface area contributed by atoms with E-state index in [-0.39, 0.29) is 28.3 Å². The summed E-state index contributed by atoms with van der Waals surface area (Å²) in [7, 11) is 0. The second kappa shape index (κ2) is 6.47. The fourth-order valence-corrected chi connectivity index (χ4v) is 4.18. The third kappa shape index (κ3) is 3.24. The number of fused-ring (bicyclic) bond motifs is 3. The molecular formula is C26H26O5. The van der Waals surface area contributed by atoms with Crippen molar-refractivity contribution in [2.75, 3.05) is 0 Å². The molecule has 1 saturated heterocycles. The minimum atomic E-state index is -0.538. The molecule has 0 amide bonds. The number of hydrogen-bond donors (Lipinski definition) is 1. The number of aryl methyl sites for hydroxylation is 1. The lowest BCUT2D eigenvalue weighted by molar-refractivity contribution is 0.156. The highest BCUT2D eigenvalue weighted by Gasteiger charge is 2.48. The Kier molecular flexibility index (Phi) is 4.15. The summed E-state index contributed by atoms with van der Waals surface area (Å²) in [4.78, 5) is 13.5. The number of hydrogen-bond acceptors (Lipinski definition) is 5. The van der Waals surface area contributed by atoms with Gasteiger partial charge in [0.1, 0.15) is 28.7 Å². The van der Waals surface area contributed by atoms with Crippen LogP contribution in [-0.2, 0) is 11.2 Å². The van der Waals surface area contributed by atoms with Crippen LogP contribution in [0.15, 0.2) is 45.8 Å². The van der Waals surface area contributed by atoms with E-state index in [0.29, 0.717) is 34.4 Å². The Balaban J connectivity index is 1.77. The molecule has 160 valence electrons. The van der Waals surface area contributed by atoms with Crippen LogP contribution in [0.5, 0.6) is 11.5 Å². The highest BCUT2D eigenvalue weighted by atomic mass is 16.6. The SMILES string of the molecule is Cc1ccc(-c2coc3c4c(c(CC5OC5(C)C)c(O)c3c2=O)OC(C)(C)C=C4)cc1. The predicted octanol–water partition coefficient (Wildman–Crippen LogP) is 5.38. The molecule has 1 aromatic heterocycles. The van der Waals surface area contributed by atoms with E-state index >= 15 is 0 Å². The van der Waals surface area contributed by atoms with Crippen molar-refractivity contribution < 1.29 is 19.0 Å². The van der Waals surface area contributed by atoms with Gasteiger partial charge < -0.3 is 19.0 Å². The molecule has 0 saturated carbocycles. The zero-order chi connectivity index (χ0) is 22.1. The van der Waals surface area contributed by atoms with Crippen molar-refractivity contribution in [3.05, 3.63) is 63.5 Å². The van der Waals surface area contributed by atoms with Crippen LogP contribution >= 0.6 is 0 Å².